The number of carbonyl (C=O) groups excluding carboxylic acids is 1. The minimum Gasteiger partial charge on any atom is -0.366 e. The van der Waals surface area contributed by atoms with Crippen molar-refractivity contribution in [1.82, 2.24) is 4.98 Å². The molecule has 0 aromatic carbocycles. The van der Waals surface area contributed by atoms with Crippen molar-refractivity contribution in [1.29, 1.82) is 0 Å². The number of primary amides is 1. The number of amides is 1. The maximum Gasteiger partial charge on any atom is 0.248 e. The molecule has 1 heterocycles. The van der Waals surface area contributed by atoms with Crippen molar-refractivity contribution in [3.05, 3.63) is 23.4 Å². The van der Waals surface area contributed by atoms with Gasteiger partial charge in [-0.25, -0.2) is 4.98 Å². The highest BCUT2D eigenvalue weighted by Crippen LogP contribution is 2.21. The van der Waals surface area contributed by atoms with Gasteiger partial charge in [0.15, 0.2) is 0 Å². The number of nitrogens with two attached hydrogens (primary N) is 2. The second-order valence-electron chi connectivity index (χ2n) is 4.59. The van der Waals surface area contributed by atoms with E-state index in [2.05, 4.69) is 10.3 Å². The number of anilines is 1. The van der Waals surface area contributed by atoms with Crippen molar-refractivity contribution in [3.8, 4) is 0 Å². The van der Waals surface area contributed by atoms with Gasteiger partial charge in [-0.05, 0) is 38.3 Å². The Morgan fingerprint density at radius 3 is 2.82 bits per heavy atom. The molecule has 0 saturated heterocycles. The number of hydrogen-bond donors (Lipinski definition) is 3. The van der Waals surface area contributed by atoms with Crippen LogP contribution in [-0.2, 0) is 0 Å². The lowest BCUT2D eigenvalue weighted by molar-refractivity contribution is 0.1000. The van der Waals surface area contributed by atoms with Gasteiger partial charge in [0.05, 0.1) is 0 Å². The first-order valence-electron chi connectivity index (χ1n) is 5.87. The molecule has 0 radical (unpaired) electrons. The van der Waals surface area contributed by atoms with Gasteiger partial charge in [0.1, 0.15) is 5.82 Å². The number of aromatic nitrogens is 1. The van der Waals surface area contributed by atoms with Crippen LogP contribution in [0.3, 0.4) is 0 Å². The molecule has 5 heteroatoms. The van der Waals surface area contributed by atoms with Gasteiger partial charge in [0.25, 0.3) is 0 Å². The summed E-state index contributed by atoms with van der Waals surface area (Å²) in [6.07, 6.45) is 3.21. The molecule has 2 unspecified atom stereocenters. The summed E-state index contributed by atoms with van der Waals surface area (Å²) < 4.78 is 0. The molecule has 1 aliphatic carbocycles. The van der Waals surface area contributed by atoms with E-state index < -0.39 is 5.91 Å². The summed E-state index contributed by atoms with van der Waals surface area (Å²) in [4.78, 5) is 15.5. The Morgan fingerprint density at radius 1 is 1.47 bits per heavy atom. The number of nitrogens with one attached hydrogen (secondary N) is 1. The van der Waals surface area contributed by atoms with Gasteiger partial charge in [0, 0.05) is 23.3 Å². The molecule has 5 N–H and O–H groups in total. The van der Waals surface area contributed by atoms with Crippen LogP contribution in [0.25, 0.3) is 0 Å². The molecule has 1 amide bonds. The van der Waals surface area contributed by atoms with E-state index in [0.717, 1.165) is 25.0 Å². The number of hydrogen-bond acceptors (Lipinski definition) is 4. The van der Waals surface area contributed by atoms with E-state index in [-0.39, 0.29) is 12.1 Å². The SMILES string of the molecule is Cc1cc(C(N)=O)cc(NC2CCCC2N)n1. The zero-order valence-corrected chi connectivity index (χ0v) is 9.94. The lowest BCUT2D eigenvalue weighted by Crippen LogP contribution is -2.35. The van der Waals surface area contributed by atoms with Crippen molar-refractivity contribution >= 4 is 11.7 Å². The molecule has 0 aliphatic heterocycles. The third-order valence-electron chi connectivity index (χ3n) is 3.14. The van der Waals surface area contributed by atoms with Gasteiger partial charge in [-0.2, -0.15) is 0 Å². The first kappa shape index (κ1) is 11.9. The maximum atomic E-state index is 11.1. The predicted molar refractivity (Wildman–Crippen MR) is 66.7 cm³/mol. The Labute approximate surface area is 101 Å². The Balaban J connectivity index is 2.17. The zero-order valence-electron chi connectivity index (χ0n) is 9.94. The molecule has 2 atom stereocenters. The van der Waals surface area contributed by atoms with Crippen LogP contribution >= 0.6 is 0 Å². The monoisotopic (exact) mass is 234 g/mol. The molecule has 92 valence electrons. The van der Waals surface area contributed by atoms with Crippen LogP contribution in [0.15, 0.2) is 12.1 Å². The molecular formula is C12H18N4O. The lowest BCUT2D eigenvalue weighted by atomic mass is 10.1. The first-order valence-corrected chi connectivity index (χ1v) is 5.87. The van der Waals surface area contributed by atoms with Gasteiger partial charge in [0.2, 0.25) is 5.91 Å². The van der Waals surface area contributed by atoms with E-state index in [0.29, 0.717) is 11.4 Å². The zero-order chi connectivity index (χ0) is 12.4. The van der Waals surface area contributed by atoms with Crippen molar-refractivity contribution < 1.29 is 4.79 Å². The van der Waals surface area contributed by atoms with E-state index in [1.807, 2.05) is 6.92 Å². The van der Waals surface area contributed by atoms with Crippen LogP contribution in [0.2, 0.25) is 0 Å². The average Bonchev–Trinajstić information content (AvgIpc) is 2.63. The summed E-state index contributed by atoms with van der Waals surface area (Å²) in [5.74, 6) is 0.246. The summed E-state index contributed by atoms with van der Waals surface area (Å²) in [6.45, 7) is 1.84. The highest BCUT2D eigenvalue weighted by Gasteiger charge is 2.24. The molecule has 1 fully saturated rings. The van der Waals surface area contributed by atoms with Gasteiger partial charge in [-0.1, -0.05) is 0 Å². The molecule has 1 aromatic heterocycles. The first-order chi connectivity index (χ1) is 8.06. The molecule has 2 rings (SSSR count). The fraction of sp³-hybridized carbons (Fsp3) is 0.500. The number of aryl methyl sites for hydroxylation is 1. The number of pyridine rings is 1. The van der Waals surface area contributed by atoms with E-state index in [1.54, 1.807) is 12.1 Å². The molecule has 1 saturated carbocycles. The minimum absolute atomic E-state index is 0.161. The highest BCUT2D eigenvalue weighted by atomic mass is 16.1. The largest absolute Gasteiger partial charge is 0.366 e. The fourth-order valence-corrected chi connectivity index (χ4v) is 2.24. The van der Waals surface area contributed by atoms with Gasteiger partial charge < -0.3 is 16.8 Å². The number of carbonyl (C=O) groups is 1. The molecule has 1 aromatic rings. The number of rotatable bonds is 3. The van der Waals surface area contributed by atoms with E-state index in [4.69, 9.17) is 11.5 Å². The summed E-state index contributed by atoms with van der Waals surface area (Å²) in [6, 6.07) is 3.77. The topological polar surface area (TPSA) is 94.0 Å². The van der Waals surface area contributed by atoms with E-state index in [1.165, 1.54) is 0 Å². The second kappa shape index (κ2) is 4.71. The third kappa shape index (κ3) is 2.74. The quantitative estimate of drug-likeness (QED) is 0.720. The Morgan fingerprint density at radius 2 is 2.24 bits per heavy atom. The highest BCUT2D eigenvalue weighted by molar-refractivity contribution is 5.93. The fourth-order valence-electron chi connectivity index (χ4n) is 2.24. The minimum atomic E-state index is -0.436. The van der Waals surface area contributed by atoms with Crippen LogP contribution in [0.5, 0.6) is 0 Å². The van der Waals surface area contributed by atoms with Crippen LogP contribution in [-0.4, -0.2) is 23.0 Å². The van der Waals surface area contributed by atoms with E-state index in [9.17, 15) is 4.79 Å². The van der Waals surface area contributed by atoms with Gasteiger partial charge >= 0.3 is 0 Å². The molecule has 5 nitrogen and oxygen atoms in total. The summed E-state index contributed by atoms with van der Waals surface area (Å²) in [5.41, 5.74) is 12.5. The summed E-state index contributed by atoms with van der Waals surface area (Å²) >= 11 is 0. The molecular weight excluding hydrogens is 216 g/mol. The Hall–Kier alpha value is -1.62. The molecule has 1 aliphatic rings. The van der Waals surface area contributed by atoms with Crippen LogP contribution in [0, 0.1) is 6.92 Å². The maximum absolute atomic E-state index is 11.1. The van der Waals surface area contributed by atoms with Crippen LogP contribution in [0.4, 0.5) is 5.82 Å². The molecule has 0 spiro atoms. The van der Waals surface area contributed by atoms with Crippen molar-refractivity contribution in [2.75, 3.05) is 5.32 Å². The van der Waals surface area contributed by atoms with Crippen LogP contribution in [0.1, 0.15) is 35.3 Å². The van der Waals surface area contributed by atoms with Gasteiger partial charge in [-0.3, -0.25) is 4.79 Å². The van der Waals surface area contributed by atoms with Crippen molar-refractivity contribution in [3.63, 3.8) is 0 Å². The van der Waals surface area contributed by atoms with Gasteiger partial charge in [-0.15, -0.1) is 0 Å². The van der Waals surface area contributed by atoms with Crippen molar-refractivity contribution in [2.24, 2.45) is 11.5 Å². The smallest absolute Gasteiger partial charge is 0.248 e. The van der Waals surface area contributed by atoms with Crippen LogP contribution < -0.4 is 16.8 Å². The molecule has 0 bridgehead atoms. The normalized spacial score (nSPS) is 23.6. The average molecular weight is 234 g/mol. The standard InChI is InChI=1S/C12H18N4O/c1-7-5-8(12(14)17)6-11(15-7)16-10-4-2-3-9(10)13/h5-6,9-10H,2-4,13H2,1H3,(H2,14,17)(H,15,16). The Bertz CT molecular complexity index is 433. The number of nitrogens with zero attached hydrogens (tertiary/aromatic N) is 1. The van der Waals surface area contributed by atoms with Crippen molar-refractivity contribution in [2.45, 2.75) is 38.3 Å². The predicted octanol–water partition coefficient (Wildman–Crippen LogP) is 0.781. The lowest BCUT2D eigenvalue weighted by Gasteiger charge is -2.18. The molecule has 17 heavy (non-hydrogen) atoms. The second-order valence-corrected chi connectivity index (χ2v) is 4.59. The summed E-state index contributed by atoms with van der Waals surface area (Å²) in [7, 11) is 0. The summed E-state index contributed by atoms with van der Waals surface area (Å²) in [5, 5.41) is 3.28. The third-order valence-corrected chi connectivity index (χ3v) is 3.14. The Kier molecular flexibility index (Phi) is 3.28. The van der Waals surface area contributed by atoms with E-state index >= 15 is 0 Å².